The van der Waals surface area contributed by atoms with E-state index in [0.717, 1.165) is 12.1 Å². The van der Waals surface area contributed by atoms with Gasteiger partial charge in [-0.05, 0) is 26.1 Å². The van der Waals surface area contributed by atoms with Gasteiger partial charge in [-0.25, -0.2) is 0 Å². The maximum Gasteiger partial charge on any atom is 0.0368 e. The molecule has 2 nitrogen and oxygen atoms in total. The van der Waals surface area contributed by atoms with Crippen LogP contribution in [0.5, 0.6) is 0 Å². The Balaban J connectivity index is 4.06. The lowest BCUT2D eigenvalue weighted by molar-refractivity contribution is 1.06. The Hall–Kier alpha value is -1.57. The second-order valence-corrected chi connectivity index (χ2v) is 3.22. The van der Waals surface area contributed by atoms with Crippen molar-refractivity contribution in [3.8, 4) is 0 Å². The highest BCUT2D eigenvalue weighted by atomic mass is 14.8. The van der Waals surface area contributed by atoms with Crippen LogP contribution in [-0.4, -0.2) is 13.3 Å². The van der Waals surface area contributed by atoms with Crippen molar-refractivity contribution in [2.75, 3.05) is 7.05 Å². The summed E-state index contributed by atoms with van der Waals surface area (Å²) in [6, 6.07) is 0. The van der Waals surface area contributed by atoms with E-state index in [-0.39, 0.29) is 0 Å². The lowest BCUT2D eigenvalue weighted by Crippen LogP contribution is -1.94. The second-order valence-electron chi connectivity index (χ2n) is 3.22. The molecule has 0 bridgehead atoms. The van der Waals surface area contributed by atoms with Gasteiger partial charge in [-0.2, -0.15) is 0 Å². The molecule has 0 fully saturated rings. The molecular formula is C13H20N2. The summed E-state index contributed by atoms with van der Waals surface area (Å²) in [5, 5.41) is 2.99. The van der Waals surface area contributed by atoms with Gasteiger partial charge in [0.05, 0.1) is 0 Å². The summed E-state index contributed by atoms with van der Waals surface area (Å²) < 4.78 is 0. The fourth-order valence-electron chi connectivity index (χ4n) is 0.955. The summed E-state index contributed by atoms with van der Waals surface area (Å²) in [6.07, 6.45) is 12.3. The van der Waals surface area contributed by atoms with E-state index in [1.54, 1.807) is 6.08 Å². The Labute approximate surface area is 92.8 Å². The molecule has 0 aromatic carbocycles. The molecule has 0 aliphatic heterocycles. The average molecular weight is 204 g/mol. The standard InChI is InChI=1S/C13H20N2/c1-5-6-7-8-13(3)15-10-9-12(2)11-14-4/h5-8,10-11,14H,1,9H2,2-4H3/b7-6-,12-11+,13-8+,15-10?. The van der Waals surface area contributed by atoms with Gasteiger partial charge in [-0.3, -0.25) is 4.99 Å². The average Bonchev–Trinajstić information content (AvgIpc) is 2.18. The van der Waals surface area contributed by atoms with Gasteiger partial charge in [-0.15, -0.1) is 0 Å². The van der Waals surface area contributed by atoms with E-state index >= 15 is 0 Å². The highest BCUT2D eigenvalue weighted by Gasteiger charge is 1.84. The van der Waals surface area contributed by atoms with Crippen LogP contribution < -0.4 is 5.32 Å². The zero-order chi connectivity index (χ0) is 11.5. The Morgan fingerprint density at radius 1 is 1.33 bits per heavy atom. The monoisotopic (exact) mass is 204 g/mol. The highest BCUT2D eigenvalue weighted by molar-refractivity contribution is 5.62. The highest BCUT2D eigenvalue weighted by Crippen LogP contribution is 1.98. The summed E-state index contributed by atoms with van der Waals surface area (Å²) in [5.41, 5.74) is 2.25. The second kappa shape index (κ2) is 9.00. The third-order valence-electron chi connectivity index (χ3n) is 1.68. The van der Waals surface area contributed by atoms with Gasteiger partial charge in [0.2, 0.25) is 0 Å². The number of nitrogens with one attached hydrogen (secondary N) is 1. The van der Waals surface area contributed by atoms with E-state index in [1.165, 1.54) is 5.57 Å². The lowest BCUT2D eigenvalue weighted by Gasteiger charge is -1.94. The fraction of sp³-hybridized carbons (Fsp3) is 0.308. The lowest BCUT2D eigenvalue weighted by atomic mass is 10.2. The van der Waals surface area contributed by atoms with E-state index in [4.69, 9.17) is 0 Å². The normalized spacial score (nSPS) is 13.8. The van der Waals surface area contributed by atoms with E-state index in [0.29, 0.717) is 0 Å². The van der Waals surface area contributed by atoms with Crippen molar-refractivity contribution >= 4 is 6.21 Å². The van der Waals surface area contributed by atoms with Gasteiger partial charge in [-0.1, -0.05) is 30.4 Å². The molecule has 0 spiro atoms. The Morgan fingerprint density at radius 2 is 2.07 bits per heavy atom. The van der Waals surface area contributed by atoms with Gasteiger partial charge in [0.25, 0.3) is 0 Å². The predicted octanol–water partition coefficient (Wildman–Crippen LogP) is 3.22. The molecule has 0 saturated heterocycles. The minimum absolute atomic E-state index is 0.872. The molecule has 2 heteroatoms. The van der Waals surface area contributed by atoms with E-state index < -0.39 is 0 Å². The first kappa shape index (κ1) is 13.4. The zero-order valence-electron chi connectivity index (χ0n) is 9.83. The molecule has 0 atom stereocenters. The largest absolute Gasteiger partial charge is 0.394 e. The molecule has 0 aromatic rings. The maximum atomic E-state index is 4.30. The molecule has 0 saturated carbocycles. The van der Waals surface area contributed by atoms with E-state index in [9.17, 15) is 0 Å². The molecule has 0 rings (SSSR count). The Morgan fingerprint density at radius 3 is 2.67 bits per heavy atom. The topological polar surface area (TPSA) is 24.4 Å². The van der Waals surface area contributed by atoms with Crippen LogP contribution in [0.15, 0.2) is 53.3 Å². The van der Waals surface area contributed by atoms with E-state index in [1.807, 2.05) is 44.6 Å². The van der Waals surface area contributed by atoms with Crippen LogP contribution in [-0.2, 0) is 0 Å². The van der Waals surface area contributed by atoms with Crippen molar-refractivity contribution in [1.82, 2.24) is 5.32 Å². The van der Waals surface area contributed by atoms with Crippen molar-refractivity contribution in [1.29, 1.82) is 0 Å². The summed E-state index contributed by atoms with van der Waals surface area (Å²) in [7, 11) is 1.89. The fourth-order valence-corrected chi connectivity index (χ4v) is 0.955. The summed E-state index contributed by atoms with van der Waals surface area (Å²) in [5.74, 6) is 0. The molecule has 15 heavy (non-hydrogen) atoms. The van der Waals surface area contributed by atoms with Crippen molar-refractivity contribution in [2.24, 2.45) is 4.99 Å². The Kier molecular flexibility index (Phi) is 8.06. The van der Waals surface area contributed by atoms with Crippen LogP contribution >= 0.6 is 0 Å². The number of rotatable bonds is 6. The number of hydrogen-bond donors (Lipinski definition) is 1. The van der Waals surface area contributed by atoms with Gasteiger partial charge in [0, 0.05) is 25.4 Å². The van der Waals surface area contributed by atoms with Crippen LogP contribution in [0.1, 0.15) is 20.3 Å². The molecule has 1 N–H and O–H groups in total. The first-order valence-electron chi connectivity index (χ1n) is 5.02. The summed E-state index contributed by atoms with van der Waals surface area (Å²) >= 11 is 0. The Bertz CT molecular complexity index is 294. The van der Waals surface area contributed by atoms with Crippen molar-refractivity contribution < 1.29 is 0 Å². The third kappa shape index (κ3) is 8.75. The van der Waals surface area contributed by atoms with Crippen LogP contribution in [0.2, 0.25) is 0 Å². The van der Waals surface area contributed by atoms with Crippen molar-refractivity contribution in [2.45, 2.75) is 20.3 Å². The smallest absolute Gasteiger partial charge is 0.0368 e. The molecule has 0 aromatic heterocycles. The van der Waals surface area contributed by atoms with Gasteiger partial charge >= 0.3 is 0 Å². The third-order valence-corrected chi connectivity index (χ3v) is 1.68. The maximum absolute atomic E-state index is 4.30. The minimum Gasteiger partial charge on any atom is -0.394 e. The van der Waals surface area contributed by atoms with Crippen molar-refractivity contribution in [3.05, 3.63) is 48.4 Å². The molecule has 0 amide bonds. The molecule has 82 valence electrons. The molecule has 0 aliphatic carbocycles. The molecule has 0 radical (unpaired) electrons. The quantitative estimate of drug-likeness (QED) is 0.521. The van der Waals surface area contributed by atoms with Crippen molar-refractivity contribution in [3.63, 3.8) is 0 Å². The zero-order valence-corrected chi connectivity index (χ0v) is 9.83. The number of aliphatic imine (C=N–C) groups is 1. The SMILES string of the molecule is C=C/C=C\C=C(/C)N=CC/C(C)=C/NC. The first-order chi connectivity index (χ1) is 7.20. The summed E-state index contributed by atoms with van der Waals surface area (Å²) in [4.78, 5) is 4.30. The first-order valence-corrected chi connectivity index (χ1v) is 5.02. The molecule has 0 unspecified atom stereocenters. The number of nitrogens with zero attached hydrogens (tertiary/aromatic N) is 1. The molecular weight excluding hydrogens is 184 g/mol. The number of allylic oxidation sites excluding steroid dienone is 6. The van der Waals surface area contributed by atoms with Crippen LogP contribution in [0.4, 0.5) is 0 Å². The van der Waals surface area contributed by atoms with Crippen LogP contribution in [0, 0.1) is 0 Å². The van der Waals surface area contributed by atoms with Crippen LogP contribution in [0.3, 0.4) is 0 Å². The van der Waals surface area contributed by atoms with Gasteiger partial charge in [0.1, 0.15) is 0 Å². The minimum atomic E-state index is 0.872. The molecule has 0 aliphatic rings. The molecule has 0 heterocycles. The number of hydrogen-bond acceptors (Lipinski definition) is 2. The van der Waals surface area contributed by atoms with Gasteiger partial charge < -0.3 is 5.32 Å². The summed E-state index contributed by atoms with van der Waals surface area (Å²) in [6.45, 7) is 7.64. The van der Waals surface area contributed by atoms with Crippen LogP contribution in [0.25, 0.3) is 0 Å². The predicted molar refractivity (Wildman–Crippen MR) is 69.0 cm³/mol. The van der Waals surface area contributed by atoms with E-state index in [2.05, 4.69) is 23.8 Å². The van der Waals surface area contributed by atoms with Gasteiger partial charge in [0.15, 0.2) is 0 Å².